The average molecular weight is 555 g/mol. The van der Waals surface area contributed by atoms with E-state index in [1.165, 1.54) is 0 Å². The van der Waals surface area contributed by atoms with Crippen molar-refractivity contribution in [3.05, 3.63) is 0 Å². The Morgan fingerprint density at radius 1 is 1.05 bits per heavy atom. The van der Waals surface area contributed by atoms with E-state index in [2.05, 4.69) is 29.9 Å². The number of fused-ring (bicyclic) bond motifs is 2. The maximum Gasteiger partial charge on any atom is 0.408 e. The van der Waals surface area contributed by atoms with Gasteiger partial charge in [-0.3, -0.25) is 10.2 Å². The third-order valence-corrected chi connectivity index (χ3v) is 7.66. The van der Waals surface area contributed by atoms with Crippen LogP contribution in [0.5, 0.6) is 0 Å². The molecule has 0 radical (unpaired) electrons. The smallest absolute Gasteiger partial charge is 0.408 e. The molecule has 1 saturated carbocycles. The van der Waals surface area contributed by atoms with Crippen molar-refractivity contribution in [1.29, 1.82) is 0 Å². The van der Waals surface area contributed by atoms with Crippen molar-refractivity contribution in [2.45, 2.75) is 90.9 Å². The monoisotopic (exact) mass is 554 g/mol. The quantitative estimate of drug-likeness (QED) is 0.259. The largest absolute Gasteiger partial charge is 0.444 e. The molecule has 0 aromatic heterocycles. The van der Waals surface area contributed by atoms with Crippen LogP contribution >= 0.6 is 0 Å². The van der Waals surface area contributed by atoms with Crippen LogP contribution in [-0.2, 0) is 28.5 Å². The molecule has 7 atom stereocenters. The number of nitrogens with zero attached hydrogens (tertiary/aromatic N) is 1. The first-order chi connectivity index (χ1) is 18.5. The van der Waals surface area contributed by atoms with Gasteiger partial charge in [-0.1, -0.05) is 34.6 Å². The minimum atomic E-state index is -0.804. The molecule has 4 rings (SSSR count). The van der Waals surface area contributed by atoms with Crippen LogP contribution in [0.3, 0.4) is 0 Å². The molecule has 3 heterocycles. The van der Waals surface area contributed by atoms with E-state index in [1.807, 2.05) is 25.8 Å². The molecule has 7 unspecified atom stereocenters. The summed E-state index contributed by atoms with van der Waals surface area (Å²) in [5, 5.41) is 7.41. The molecule has 222 valence electrons. The Balaban J connectivity index is 1.22. The molecule has 3 N–H and O–H groups in total. The summed E-state index contributed by atoms with van der Waals surface area (Å²) in [6.45, 7) is 12.8. The molecule has 0 spiro atoms. The molecular weight excluding hydrogens is 508 g/mol. The Labute approximate surface area is 231 Å². The van der Waals surface area contributed by atoms with Crippen LogP contribution in [0.25, 0.3) is 0 Å². The third-order valence-electron chi connectivity index (χ3n) is 7.66. The topological polar surface area (TPSA) is 137 Å². The van der Waals surface area contributed by atoms with E-state index in [-0.39, 0.29) is 42.3 Å². The molecule has 4 fully saturated rings. The van der Waals surface area contributed by atoms with Gasteiger partial charge in [0, 0.05) is 37.9 Å². The second-order valence-electron chi connectivity index (χ2n) is 12.7. The third kappa shape index (κ3) is 8.18. The first kappa shape index (κ1) is 29.8. The van der Waals surface area contributed by atoms with Crippen LogP contribution in [0.4, 0.5) is 9.59 Å². The number of amides is 3. The summed E-state index contributed by atoms with van der Waals surface area (Å²) in [5.41, 5.74) is 2.42. The molecule has 39 heavy (non-hydrogen) atoms. The van der Waals surface area contributed by atoms with Gasteiger partial charge in [-0.15, -0.1) is 0 Å². The molecule has 12 nitrogen and oxygen atoms in total. The van der Waals surface area contributed by atoms with Crippen LogP contribution in [0, 0.1) is 23.2 Å². The van der Waals surface area contributed by atoms with Gasteiger partial charge in [0.2, 0.25) is 0 Å². The Kier molecular flexibility index (Phi) is 9.95. The van der Waals surface area contributed by atoms with E-state index < -0.39 is 23.6 Å². The first-order valence-corrected chi connectivity index (χ1v) is 14.3. The van der Waals surface area contributed by atoms with Crippen molar-refractivity contribution < 1.29 is 38.1 Å². The highest BCUT2D eigenvalue weighted by Gasteiger charge is 2.53. The highest BCUT2D eigenvalue weighted by Crippen LogP contribution is 2.46. The van der Waals surface area contributed by atoms with Crippen molar-refractivity contribution in [2.75, 3.05) is 39.5 Å². The van der Waals surface area contributed by atoms with Crippen LogP contribution in [-0.4, -0.2) is 93.2 Å². The Morgan fingerprint density at radius 2 is 1.85 bits per heavy atom. The maximum atomic E-state index is 13.3. The highest BCUT2D eigenvalue weighted by molar-refractivity contribution is 5.86. The van der Waals surface area contributed by atoms with Crippen molar-refractivity contribution in [3.63, 3.8) is 0 Å². The molecule has 0 aromatic carbocycles. The van der Waals surface area contributed by atoms with E-state index in [9.17, 15) is 14.4 Å². The number of carbonyl (C=O) groups excluding carboxylic acids is 3. The lowest BCUT2D eigenvalue weighted by molar-refractivity contribution is -0.153. The van der Waals surface area contributed by atoms with Crippen molar-refractivity contribution >= 4 is 18.1 Å². The van der Waals surface area contributed by atoms with Gasteiger partial charge in [0.05, 0.1) is 25.9 Å². The maximum absolute atomic E-state index is 13.3. The van der Waals surface area contributed by atoms with E-state index in [0.717, 1.165) is 12.8 Å². The Bertz CT molecular complexity index is 851. The number of hydrogen-bond donors (Lipinski definition) is 3. The van der Waals surface area contributed by atoms with Gasteiger partial charge < -0.3 is 34.3 Å². The van der Waals surface area contributed by atoms with Gasteiger partial charge >= 0.3 is 12.2 Å². The number of ether oxygens (including phenoxy) is 5. The van der Waals surface area contributed by atoms with Crippen molar-refractivity contribution in [2.24, 2.45) is 23.2 Å². The summed E-state index contributed by atoms with van der Waals surface area (Å²) in [6.07, 6.45) is 1.20. The van der Waals surface area contributed by atoms with E-state index in [0.29, 0.717) is 58.2 Å². The zero-order valence-electron chi connectivity index (χ0n) is 23.9. The number of hydrazine groups is 1. The van der Waals surface area contributed by atoms with E-state index >= 15 is 0 Å². The van der Waals surface area contributed by atoms with E-state index in [4.69, 9.17) is 23.7 Å². The summed E-state index contributed by atoms with van der Waals surface area (Å²) >= 11 is 0. The van der Waals surface area contributed by atoms with Crippen LogP contribution in [0.2, 0.25) is 0 Å². The lowest BCUT2D eigenvalue weighted by Crippen LogP contribution is -2.58. The molecule has 3 aliphatic heterocycles. The van der Waals surface area contributed by atoms with Gasteiger partial charge in [-0.25, -0.2) is 14.6 Å². The second kappa shape index (κ2) is 13.0. The van der Waals surface area contributed by atoms with Gasteiger partial charge in [0.15, 0.2) is 6.29 Å². The fourth-order valence-electron chi connectivity index (χ4n) is 5.79. The standard InChI is InChI=1S/C27H46N4O8/c1-16(2)13-31(30-23(32)22(27(3,4)5)29-26(34)37-19-7-10-35-15-19)9-6-8-28-25(33)39-21-18-11-17-12-20(21)38-24(17)36-14-18/h16-22,24H,6-15H2,1-5H3,(H,28,33)(H,29,34)(H,30,32). The lowest BCUT2D eigenvalue weighted by Gasteiger charge is -2.36. The predicted molar refractivity (Wildman–Crippen MR) is 140 cm³/mol. The molecule has 3 amide bonds. The molecule has 4 aliphatic rings. The average Bonchev–Trinajstić information content (AvgIpc) is 3.46. The van der Waals surface area contributed by atoms with Gasteiger partial charge in [-0.05, 0) is 30.6 Å². The number of alkyl carbamates (subject to hydrolysis) is 2. The predicted octanol–water partition coefficient (Wildman–Crippen LogP) is 2.17. The summed E-state index contributed by atoms with van der Waals surface area (Å²) in [5.74, 6) is 0.567. The number of rotatable bonds is 11. The Morgan fingerprint density at radius 3 is 2.54 bits per heavy atom. The van der Waals surface area contributed by atoms with Gasteiger partial charge in [0.1, 0.15) is 18.2 Å². The minimum Gasteiger partial charge on any atom is -0.444 e. The molecule has 0 aromatic rings. The van der Waals surface area contributed by atoms with Crippen molar-refractivity contribution in [1.82, 2.24) is 21.1 Å². The molecule has 3 bridgehead atoms. The fourth-order valence-corrected chi connectivity index (χ4v) is 5.79. The van der Waals surface area contributed by atoms with Crippen LogP contribution < -0.4 is 16.1 Å². The second-order valence-corrected chi connectivity index (χ2v) is 12.7. The minimum absolute atomic E-state index is 0.0862. The normalized spacial score (nSPS) is 30.3. The van der Waals surface area contributed by atoms with Crippen LogP contribution in [0.15, 0.2) is 0 Å². The summed E-state index contributed by atoms with van der Waals surface area (Å²) < 4.78 is 28.0. The summed E-state index contributed by atoms with van der Waals surface area (Å²) in [6, 6.07) is -0.804. The summed E-state index contributed by atoms with van der Waals surface area (Å²) in [4.78, 5) is 38.3. The van der Waals surface area contributed by atoms with Crippen LogP contribution in [0.1, 0.15) is 60.3 Å². The zero-order chi connectivity index (χ0) is 28.2. The fraction of sp³-hybridized carbons (Fsp3) is 0.889. The lowest BCUT2D eigenvalue weighted by atomic mass is 9.78. The Hall–Kier alpha value is -2.15. The molecule has 1 aliphatic carbocycles. The highest BCUT2D eigenvalue weighted by atomic mass is 16.7. The number of nitrogens with one attached hydrogen (secondary N) is 3. The first-order valence-electron chi connectivity index (χ1n) is 14.3. The van der Waals surface area contributed by atoms with E-state index in [1.54, 1.807) is 0 Å². The van der Waals surface area contributed by atoms with Gasteiger partial charge in [0.25, 0.3) is 5.91 Å². The summed E-state index contributed by atoms with van der Waals surface area (Å²) in [7, 11) is 0. The van der Waals surface area contributed by atoms with Crippen molar-refractivity contribution in [3.8, 4) is 0 Å². The molecule has 3 saturated heterocycles. The molecular formula is C27H46N4O8. The number of carbonyl (C=O) groups is 3. The number of hydrogen-bond acceptors (Lipinski definition) is 9. The molecule has 12 heteroatoms. The SMILES string of the molecule is CC(C)CN(CCCNC(=O)OC1C2COC3OC1CC3C2)NC(=O)C(NC(=O)OC1CCOC1)C(C)(C)C. The van der Waals surface area contributed by atoms with Gasteiger partial charge in [-0.2, -0.15) is 0 Å². The zero-order valence-corrected chi connectivity index (χ0v) is 23.9.